The van der Waals surface area contributed by atoms with E-state index in [0.29, 0.717) is 6.61 Å². The molecule has 104 valence electrons. The number of rotatable bonds is 7. The third-order valence-corrected chi connectivity index (χ3v) is 4.70. The maximum atomic E-state index is 5.11. The molecule has 2 aromatic rings. The lowest BCUT2D eigenvalue weighted by molar-refractivity contribution is 0.184. The van der Waals surface area contributed by atoms with Gasteiger partial charge in [0.2, 0.25) is 5.13 Å². The first-order valence-electron chi connectivity index (χ1n) is 6.27. The van der Waals surface area contributed by atoms with Crippen LogP contribution >= 0.6 is 22.7 Å². The van der Waals surface area contributed by atoms with Crippen molar-refractivity contribution in [2.45, 2.75) is 33.3 Å². The van der Waals surface area contributed by atoms with Gasteiger partial charge in [-0.3, -0.25) is 0 Å². The molecule has 0 unspecified atom stereocenters. The normalized spacial score (nSPS) is 10.9. The van der Waals surface area contributed by atoms with Crippen LogP contribution in [0.4, 0.5) is 5.13 Å². The van der Waals surface area contributed by atoms with Crippen molar-refractivity contribution in [3.8, 4) is 9.88 Å². The minimum absolute atomic E-state index is 0.548. The number of unbranched alkanes of at least 4 members (excludes halogenated alkanes) is 1. The second-order valence-corrected chi connectivity index (χ2v) is 6.21. The van der Waals surface area contributed by atoms with E-state index >= 15 is 0 Å². The van der Waals surface area contributed by atoms with Crippen LogP contribution < -0.4 is 5.32 Å². The van der Waals surface area contributed by atoms with E-state index in [1.54, 1.807) is 29.8 Å². The Morgan fingerprint density at radius 1 is 1.26 bits per heavy atom. The lowest BCUT2D eigenvalue weighted by atomic mass is 10.3. The quantitative estimate of drug-likeness (QED) is 0.795. The van der Waals surface area contributed by atoms with Crippen molar-refractivity contribution in [3.63, 3.8) is 0 Å². The highest BCUT2D eigenvalue weighted by atomic mass is 32.1. The third-order valence-electron chi connectivity index (χ3n) is 2.53. The fourth-order valence-corrected chi connectivity index (χ4v) is 3.52. The zero-order chi connectivity index (χ0) is 13.7. The first kappa shape index (κ1) is 14.4. The Labute approximate surface area is 121 Å². The van der Waals surface area contributed by atoms with Gasteiger partial charge in [0.05, 0.1) is 17.2 Å². The van der Waals surface area contributed by atoms with Crippen LogP contribution in [-0.4, -0.2) is 28.8 Å². The van der Waals surface area contributed by atoms with Crippen molar-refractivity contribution in [1.82, 2.24) is 15.2 Å². The van der Waals surface area contributed by atoms with Gasteiger partial charge in [0.15, 0.2) is 5.01 Å². The van der Waals surface area contributed by atoms with Gasteiger partial charge < -0.3 is 10.1 Å². The van der Waals surface area contributed by atoms with E-state index in [-0.39, 0.29) is 0 Å². The van der Waals surface area contributed by atoms with E-state index in [2.05, 4.69) is 27.4 Å². The number of thiazole rings is 1. The molecule has 0 spiro atoms. The average Bonchev–Trinajstić information content (AvgIpc) is 2.97. The van der Waals surface area contributed by atoms with E-state index in [4.69, 9.17) is 4.74 Å². The van der Waals surface area contributed by atoms with Gasteiger partial charge in [-0.05, 0) is 13.3 Å². The highest BCUT2D eigenvalue weighted by molar-refractivity contribution is 7.23. The molecule has 0 bridgehead atoms. The largest absolute Gasteiger partial charge is 0.378 e. The maximum Gasteiger partial charge on any atom is 0.206 e. The Morgan fingerprint density at radius 3 is 2.84 bits per heavy atom. The smallest absolute Gasteiger partial charge is 0.206 e. The summed E-state index contributed by atoms with van der Waals surface area (Å²) in [6.45, 7) is 5.66. The molecule has 19 heavy (non-hydrogen) atoms. The van der Waals surface area contributed by atoms with E-state index in [1.165, 1.54) is 6.42 Å². The fraction of sp³-hybridized carbons (Fsp3) is 0.583. The van der Waals surface area contributed by atoms with Crippen molar-refractivity contribution < 1.29 is 4.74 Å². The minimum Gasteiger partial charge on any atom is -0.378 e. The van der Waals surface area contributed by atoms with Crippen LogP contribution in [0.2, 0.25) is 0 Å². The Kier molecular flexibility index (Phi) is 5.24. The molecule has 0 aliphatic heterocycles. The van der Waals surface area contributed by atoms with Gasteiger partial charge in [0.25, 0.3) is 0 Å². The maximum absolute atomic E-state index is 5.11. The van der Waals surface area contributed by atoms with E-state index < -0.39 is 0 Å². The summed E-state index contributed by atoms with van der Waals surface area (Å²) >= 11 is 3.20. The Bertz CT molecular complexity index is 524. The lowest BCUT2D eigenvalue weighted by Gasteiger charge is -1.97. The van der Waals surface area contributed by atoms with Crippen LogP contribution in [0, 0.1) is 6.92 Å². The first-order valence-corrected chi connectivity index (χ1v) is 7.91. The molecule has 0 saturated heterocycles. The van der Waals surface area contributed by atoms with Crippen molar-refractivity contribution >= 4 is 27.8 Å². The summed E-state index contributed by atoms with van der Waals surface area (Å²) in [6, 6.07) is 0. The number of aromatic nitrogens is 3. The molecule has 0 saturated carbocycles. The van der Waals surface area contributed by atoms with Gasteiger partial charge in [0.1, 0.15) is 5.01 Å². The van der Waals surface area contributed by atoms with Crippen molar-refractivity contribution in [1.29, 1.82) is 0 Å². The number of aryl methyl sites for hydroxylation is 1. The molecule has 0 aliphatic carbocycles. The third kappa shape index (κ3) is 3.71. The van der Waals surface area contributed by atoms with E-state index in [1.807, 2.05) is 6.92 Å². The minimum atomic E-state index is 0.548. The molecule has 2 aromatic heterocycles. The molecule has 0 aromatic carbocycles. The lowest BCUT2D eigenvalue weighted by Crippen LogP contribution is -1.99. The monoisotopic (exact) mass is 298 g/mol. The van der Waals surface area contributed by atoms with Crippen molar-refractivity contribution in [2.24, 2.45) is 0 Å². The molecule has 0 amide bonds. The molecular weight excluding hydrogens is 280 g/mol. The summed E-state index contributed by atoms with van der Waals surface area (Å²) in [7, 11) is 1.68. The Morgan fingerprint density at radius 2 is 2.11 bits per heavy atom. The summed E-state index contributed by atoms with van der Waals surface area (Å²) in [6.07, 6.45) is 2.32. The standard InChI is InChI=1S/C12H18N4OS2/c1-4-5-6-13-12-16-15-11(19-12)10-8(2)14-9(18-10)7-17-3/h4-7H2,1-3H3,(H,13,16). The summed E-state index contributed by atoms with van der Waals surface area (Å²) in [4.78, 5) is 5.56. The summed E-state index contributed by atoms with van der Waals surface area (Å²) < 4.78 is 5.11. The van der Waals surface area contributed by atoms with Gasteiger partial charge in [-0.15, -0.1) is 21.5 Å². The molecule has 0 aliphatic rings. The van der Waals surface area contributed by atoms with Gasteiger partial charge in [-0.1, -0.05) is 24.7 Å². The number of methoxy groups -OCH3 is 1. The molecule has 5 nitrogen and oxygen atoms in total. The zero-order valence-electron chi connectivity index (χ0n) is 11.4. The molecule has 7 heteroatoms. The SMILES string of the molecule is CCCCNc1nnc(-c2sc(COC)nc2C)s1. The van der Waals surface area contributed by atoms with Crippen LogP contribution in [0.3, 0.4) is 0 Å². The van der Waals surface area contributed by atoms with Gasteiger partial charge in [0, 0.05) is 13.7 Å². The molecule has 0 radical (unpaired) electrons. The van der Waals surface area contributed by atoms with Crippen LogP contribution in [-0.2, 0) is 11.3 Å². The Hall–Kier alpha value is -1.05. The predicted molar refractivity (Wildman–Crippen MR) is 79.9 cm³/mol. The summed E-state index contributed by atoms with van der Waals surface area (Å²) in [5.74, 6) is 0. The number of hydrogen-bond donors (Lipinski definition) is 1. The molecule has 2 rings (SSSR count). The molecule has 1 N–H and O–H groups in total. The second-order valence-electron chi connectivity index (χ2n) is 4.15. The molecular formula is C12H18N4OS2. The van der Waals surface area contributed by atoms with E-state index in [9.17, 15) is 0 Å². The highest BCUT2D eigenvalue weighted by Gasteiger charge is 2.14. The van der Waals surface area contributed by atoms with Crippen LogP contribution in [0.1, 0.15) is 30.5 Å². The number of nitrogens with one attached hydrogen (secondary N) is 1. The number of ether oxygens (including phenoxy) is 1. The molecule has 0 atom stereocenters. The molecule has 2 heterocycles. The number of hydrogen-bond acceptors (Lipinski definition) is 7. The fourth-order valence-electron chi connectivity index (χ4n) is 1.59. The molecule has 0 fully saturated rings. The van der Waals surface area contributed by atoms with Crippen LogP contribution in [0.25, 0.3) is 9.88 Å². The van der Waals surface area contributed by atoms with Gasteiger partial charge >= 0.3 is 0 Å². The predicted octanol–water partition coefficient (Wildman–Crippen LogP) is 3.33. The number of anilines is 1. The second kappa shape index (κ2) is 6.93. The van der Waals surface area contributed by atoms with Crippen molar-refractivity contribution in [3.05, 3.63) is 10.7 Å². The highest BCUT2D eigenvalue weighted by Crippen LogP contribution is 2.33. The first-order chi connectivity index (χ1) is 9.24. The zero-order valence-corrected chi connectivity index (χ0v) is 13.0. The summed E-state index contributed by atoms with van der Waals surface area (Å²) in [5, 5.41) is 14.5. The Balaban J connectivity index is 2.09. The van der Waals surface area contributed by atoms with Crippen LogP contribution in [0.15, 0.2) is 0 Å². The average molecular weight is 298 g/mol. The van der Waals surface area contributed by atoms with E-state index in [0.717, 1.165) is 38.7 Å². The van der Waals surface area contributed by atoms with Gasteiger partial charge in [-0.25, -0.2) is 4.98 Å². The number of nitrogens with zero attached hydrogens (tertiary/aromatic N) is 3. The van der Waals surface area contributed by atoms with Crippen LogP contribution in [0.5, 0.6) is 0 Å². The topological polar surface area (TPSA) is 59.9 Å². The van der Waals surface area contributed by atoms with Crippen molar-refractivity contribution in [2.75, 3.05) is 19.0 Å². The van der Waals surface area contributed by atoms with Gasteiger partial charge in [-0.2, -0.15) is 0 Å². The summed E-state index contributed by atoms with van der Waals surface area (Å²) in [5.41, 5.74) is 0.994.